The van der Waals surface area contributed by atoms with E-state index in [1.165, 1.54) is 6.07 Å². The topological polar surface area (TPSA) is 37.3 Å². The molecule has 14 heavy (non-hydrogen) atoms. The summed E-state index contributed by atoms with van der Waals surface area (Å²) in [5.74, 6) is 4.45. The summed E-state index contributed by atoms with van der Waals surface area (Å²) in [6.07, 6.45) is 0. The Balaban J connectivity index is 3.22. The number of aromatic carboxylic acids is 1. The second-order valence-corrected chi connectivity index (χ2v) is 3.43. The van der Waals surface area contributed by atoms with Gasteiger partial charge in [0.1, 0.15) is 0 Å². The van der Waals surface area contributed by atoms with Crippen LogP contribution in [0.3, 0.4) is 0 Å². The number of alkyl halides is 1. The zero-order valence-corrected chi connectivity index (χ0v) is 9.39. The quantitative estimate of drug-likeness (QED) is 0.631. The van der Waals surface area contributed by atoms with Gasteiger partial charge >= 0.3 is 5.97 Å². The molecule has 0 aliphatic carbocycles. The zero-order valence-electron chi connectivity index (χ0n) is 7.05. The van der Waals surface area contributed by atoms with Gasteiger partial charge in [0, 0.05) is 10.6 Å². The van der Waals surface area contributed by atoms with Crippen molar-refractivity contribution in [2.45, 2.75) is 0 Å². The van der Waals surface area contributed by atoms with E-state index in [-0.39, 0.29) is 5.56 Å². The highest BCUT2D eigenvalue weighted by atomic mass is 79.9. The molecule has 1 aromatic rings. The van der Waals surface area contributed by atoms with Crippen LogP contribution in [0.4, 0.5) is 0 Å². The Bertz CT molecular complexity index is 418. The number of carbonyl (C=O) groups is 1. The van der Waals surface area contributed by atoms with E-state index in [4.69, 9.17) is 16.7 Å². The summed E-state index contributed by atoms with van der Waals surface area (Å²) in [7, 11) is 0. The molecule has 1 aromatic carbocycles. The van der Waals surface area contributed by atoms with Gasteiger partial charge in [0.05, 0.1) is 10.9 Å². The number of carboxylic acid groups (broad SMARTS) is 1. The van der Waals surface area contributed by atoms with Gasteiger partial charge in [-0.3, -0.25) is 0 Å². The molecule has 2 nitrogen and oxygen atoms in total. The van der Waals surface area contributed by atoms with Gasteiger partial charge in [-0.15, -0.1) is 0 Å². The molecule has 0 bridgehead atoms. The first kappa shape index (κ1) is 11.1. The standard InChI is InChI=1S/C10H6BrClO2/c11-5-1-2-7-3-4-8(12)6-9(7)10(13)14/h3-4,6H,5H2,(H,13,14). The number of hydrogen-bond donors (Lipinski definition) is 1. The van der Waals surface area contributed by atoms with E-state index >= 15 is 0 Å². The van der Waals surface area contributed by atoms with Crippen molar-refractivity contribution in [2.24, 2.45) is 0 Å². The highest BCUT2D eigenvalue weighted by Crippen LogP contribution is 2.15. The third kappa shape index (κ3) is 2.76. The average molecular weight is 274 g/mol. The van der Waals surface area contributed by atoms with Gasteiger partial charge in [-0.1, -0.05) is 39.4 Å². The Kier molecular flexibility index (Phi) is 3.99. The average Bonchev–Trinajstić information content (AvgIpc) is 2.15. The van der Waals surface area contributed by atoms with Crippen LogP contribution in [0.2, 0.25) is 5.02 Å². The lowest BCUT2D eigenvalue weighted by molar-refractivity contribution is 0.0696. The molecular weight excluding hydrogens is 267 g/mol. The normalized spacial score (nSPS) is 9.00. The van der Waals surface area contributed by atoms with Gasteiger partial charge in [-0.2, -0.15) is 0 Å². The Morgan fingerprint density at radius 3 is 2.86 bits per heavy atom. The molecular formula is C10H6BrClO2. The highest BCUT2D eigenvalue weighted by Gasteiger charge is 2.08. The van der Waals surface area contributed by atoms with Crippen LogP contribution in [0.15, 0.2) is 18.2 Å². The van der Waals surface area contributed by atoms with E-state index in [0.29, 0.717) is 15.9 Å². The van der Waals surface area contributed by atoms with Gasteiger partial charge in [-0.05, 0) is 18.2 Å². The van der Waals surface area contributed by atoms with E-state index in [2.05, 4.69) is 27.8 Å². The lowest BCUT2D eigenvalue weighted by atomic mass is 10.1. The predicted octanol–water partition coefficient (Wildman–Crippen LogP) is 2.78. The van der Waals surface area contributed by atoms with Crippen molar-refractivity contribution in [1.29, 1.82) is 0 Å². The number of benzene rings is 1. The first-order valence-corrected chi connectivity index (χ1v) is 5.22. The number of rotatable bonds is 1. The van der Waals surface area contributed by atoms with Gasteiger partial charge in [0.15, 0.2) is 0 Å². The summed E-state index contributed by atoms with van der Waals surface area (Å²) in [6, 6.07) is 4.61. The van der Waals surface area contributed by atoms with Gasteiger partial charge < -0.3 is 5.11 Å². The minimum absolute atomic E-state index is 0.131. The van der Waals surface area contributed by atoms with Crippen LogP contribution < -0.4 is 0 Å². The van der Waals surface area contributed by atoms with E-state index in [1.807, 2.05) is 0 Å². The summed E-state index contributed by atoms with van der Waals surface area (Å²) in [5.41, 5.74) is 0.604. The Morgan fingerprint density at radius 1 is 1.57 bits per heavy atom. The lowest BCUT2D eigenvalue weighted by Crippen LogP contribution is -1.99. The minimum Gasteiger partial charge on any atom is -0.478 e. The van der Waals surface area contributed by atoms with E-state index in [1.54, 1.807) is 12.1 Å². The van der Waals surface area contributed by atoms with Gasteiger partial charge in [0.2, 0.25) is 0 Å². The first-order valence-electron chi connectivity index (χ1n) is 3.73. The molecule has 72 valence electrons. The summed E-state index contributed by atoms with van der Waals surface area (Å²) in [5, 5.41) is 9.76. The second kappa shape index (κ2) is 5.04. The first-order chi connectivity index (χ1) is 6.65. The van der Waals surface area contributed by atoms with Crippen molar-refractivity contribution in [3.8, 4) is 11.8 Å². The molecule has 0 heterocycles. The van der Waals surface area contributed by atoms with Gasteiger partial charge in [0.25, 0.3) is 0 Å². The van der Waals surface area contributed by atoms with E-state index in [0.717, 1.165) is 0 Å². The number of halogens is 2. The third-order valence-corrected chi connectivity index (χ3v) is 2.02. The number of carboxylic acids is 1. The molecule has 0 spiro atoms. The molecule has 0 fully saturated rings. The SMILES string of the molecule is O=C(O)c1cc(Cl)ccc1C#CCBr. The Morgan fingerprint density at radius 2 is 2.29 bits per heavy atom. The smallest absolute Gasteiger partial charge is 0.337 e. The molecule has 1 rings (SSSR count). The van der Waals surface area contributed by atoms with Crippen molar-refractivity contribution in [1.82, 2.24) is 0 Å². The molecule has 0 radical (unpaired) electrons. The molecule has 0 aromatic heterocycles. The lowest BCUT2D eigenvalue weighted by Gasteiger charge is -1.98. The summed E-state index contributed by atoms with van der Waals surface area (Å²) in [4.78, 5) is 10.8. The van der Waals surface area contributed by atoms with Crippen LogP contribution in [0, 0.1) is 11.8 Å². The maximum absolute atomic E-state index is 10.8. The molecule has 4 heteroatoms. The molecule has 0 amide bonds. The van der Waals surface area contributed by atoms with Crippen molar-refractivity contribution in [3.63, 3.8) is 0 Å². The fourth-order valence-corrected chi connectivity index (χ4v) is 1.24. The molecule has 0 saturated carbocycles. The summed E-state index contributed by atoms with van der Waals surface area (Å²) in [6.45, 7) is 0. The van der Waals surface area contributed by atoms with Crippen LogP contribution in [-0.4, -0.2) is 16.4 Å². The maximum Gasteiger partial charge on any atom is 0.337 e. The molecule has 0 saturated heterocycles. The maximum atomic E-state index is 10.8. The predicted molar refractivity (Wildman–Crippen MR) is 59.1 cm³/mol. The van der Waals surface area contributed by atoms with Crippen molar-refractivity contribution in [2.75, 3.05) is 5.33 Å². The molecule has 0 unspecified atom stereocenters. The third-order valence-electron chi connectivity index (χ3n) is 1.50. The molecule has 0 aliphatic heterocycles. The summed E-state index contributed by atoms with van der Waals surface area (Å²) < 4.78 is 0. The Hall–Kier alpha value is -0.980. The van der Waals surface area contributed by atoms with Crippen molar-refractivity contribution < 1.29 is 9.90 Å². The van der Waals surface area contributed by atoms with E-state index < -0.39 is 5.97 Å². The van der Waals surface area contributed by atoms with Crippen LogP contribution in [0.1, 0.15) is 15.9 Å². The van der Waals surface area contributed by atoms with Crippen LogP contribution in [0.5, 0.6) is 0 Å². The minimum atomic E-state index is -1.02. The van der Waals surface area contributed by atoms with Crippen LogP contribution in [0.25, 0.3) is 0 Å². The van der Waals surface area contributed by atoms with E-state index in [9.17, 15) is 4.79 Å². The molecule has 0 atom stereocenters. The summed E-state index contributed by atoms with van der Waals surface area (Å²) >= 11 is 8.81. The monoisotopic (exact) mass is 272 g/mol. The zero-order chi connectivity index (χ0) is 10.6. The van der Waals surface area contributed by atoms with Crippen LogP contribution in [-0.2, 0) is 0 Å². The highest BCUT2D eigenvalue weighted by molar-refractivity contribution is 9.09. The van der Waals surface area contributed by atoms with Crippen LogP contribution >= 0.6 is 27.5 Å². The molecule has 0 aliphatic rings. The largest absolute Gasteiger partial charge is 0.478 e. The Labute approximate surface area is 95.0 Å². The number of hydrogen-bond acceptors (Lipinski definition) is 1. The van der Waals surface area contributed by atoms with Crippen molar-refractivity contribution in [3.05, 3.63) is 34.3 Å². The van der Waals surface area contributed by atoms with Gasteiger partial charge in [-0.25, -0.2) is 4.79 Å². The second-order valence-electron chi connectivity index (χ2n) is 2.43. The fraction of sp³-hybridized carbons (Fsp3) is 0.100. The fourth-order valence-electron chi connectivity index (χ4n) is 0.931. The molecule has 1 N–H and O–H groups in total. The van der Waals surface area contributed by atoms with Crippen molar-refractivity contribution >= 4 is 33.5 Å².